The average molecular weight is 518 g/mol. The van der Waals surface area contributed by atoms with Gasteiger partial charge in [-0.2, -0.15) is 0 Å². The number of ether oxygens (including phenoxy) is 2. The van der Waals surface area contributed by atoms with E-state index in [-0.39, 0.29) is 17.2 Å². The van der Waals surface area contributed by atoms with E-state index in [0.717, 1.165) is 49.7 Å². The lowest BCUT2D eigenvalue weighted by Crippen LogP contribution is -2.56. The number of halogens is 1. The molecule has 0 radical (unpaired) electrons. The van der Waals surface area contributed by atoms with Crippen molar-refractivity contribution >= 4 is 5.82 Å². The third kappa shape index (κ3) is 4.12. The summed E-state index contributed by atoms with van der Waals surface area (Å²) in [6, 6.07) is 7.29. The fourth-order valence-electron chi connectivity index (χ4n) is 6.77. The predicted molar refractivity (Wildman–Crippen MR) is 140 cm³/mol. The monoisotopic (exact) mass is 517 g/mol. The van der Waals surface area contributed by atoms with E-state index in [1.807, 2.05) is 12.1 Å². The number of rotatable bonds is 5. The highest BCUT2D eigenvalue weighted by atomic mass is 19.1. The topological polar surface area (TPSA) is 93.5 Å². The minimum absolute atomic E-state index is 0.0443. The Hall–Kier alpha value is -3.49. The van der Waals surface area contributed by atoms with Crippen LogP contribution in [-0.2, 0) is 0 Å². The van der Waals surface area contributed by atoms with E-state index < -0.39 is 6.17 Å². The molecule has 2 bridgehead atoms. The van der Waals surface area contributed by atoms with Crippen LogP contribution in [0.3, 0.4) is 0 Å². The Balaban J connectivity index is 1.14. The summed E-state index contributed by atoms with van der Waals surface area (Å²) < 4.78 is 27.1. The minimum Gasteiger partial charge on any atom is -0.507 e. The molecule has 198 valence electrons. The molecule has 2 aromatic heterocycles. The zero-order valence-corrected chi connectivity index (χ0v) is 21.5. The van der Waals surface area contributed by atoms with Gasteiger partial charge in [0, 0.05) is 23.2 Å². The number of benzene rings is 1. The minimum atomic E-state index is -0.882. The second-order valence-electron chi connectivity index (χ2n) is 11.6. The van der Waals surface area contributed by atoms with Crippen LogP contribution in [0, 0.1) is 11.3 Å². The number of anilines is 1. The highest BCUT2D eigenvalue weighted by Crippen LogP contribution is 2.52. The summed E-state index contributed by atoms with van der Waals surface area (Å²) in [5.41, 5.74) is 1.82. The summed E-state index contributed by atoms with van der Waals surface area (Å²) in [6.07, 6.45) is 9.73. The third-order valence-electron chi connectivity index (χ3n) is 8.78. The second-order valence-corrected chi connectivity index (χ2v) is 11.6. The second kappa shape index (κ2) is 9.06. The molecule has 0 saturated heterocycles. The van der Waals surface area contributed by atoms with E-state index in [2.05, 4.69) is 32.0 Å². The average Bonchev–Trinajstić information content (AvgIpc) is 3.77. The summed E-state index contributed by atoms with van der Waals surface area (Å²) in [4.78, 5) is 11.1. The summed E-state index contributed by atoms with van der Waals surface area (Å²) in [6.45, 7) is 3.09. The molecule has 0 amide bonds. The van der Waals surface area contributed by atoms with E-state index >= 15 is 4.39 Å². The first-order valence-electron chi connectivity index (χ1n) is 13.7. The van der Waals surface area contributed by atoms with Crippen molar-refractivity contribution < 1.29 is 19.0 Å². The number of nitrogens with zero attached hydrogens (tertiary/aromatic N) is 5. The van der Waals surface area contributed by atoms with E-state index in [9.17, 15) is 5.11 Å². The zero-order chi connectivity index (χ0) is 25.9. The van der Waals surface area contributed by atoms with Gasteiger partial charge in [-0.1, -0.05) is 25.8 Å². The Morgan fingerprint density at radius 2 is 1.89 bits per heavy atom. The van der Waals surface area contributed by atoms with Crippen molar-refractivity contribution in [1.29, 1.82) is 0 Å². The van der Waals surface area contributed by atoms with Crippen molar-refractivity contribution in [3.63, 3.8) is 0 Å². The van der Waals surface area contributed by atoms with Crippen LogP contribution in [0.2, 0.25) is 0 Å². The lowest BCUT2D eigenvalue weighted by atomic mass is 9.60. The maximum Gasteiger partial charge on any atom is 0.257 e. The van der Waals surface area contributed by atoms with Gasteiger partial charge < -0.3 is 19.5 Å². The van der Waals surface area contributed by atoms with Crippen molar-refractivity contribution in [2.24, 2.45) is 11.3 Å². The number of fused-ring (bicyclic) bond motifs is 3. The Morgan fingerprint density at radius 1 is 1.03 bits per heavy atom. The Kier molecular flexibility index (Phi) is 5.63. The number of phenols is 1. The first-order valence-corrected chi connectivity index (χ1v) is 13.7. The maximum absolute atomic E-state index is 15.9. The lowest BCUT2D eigenvalue weighted by Gasteiger charge is -2.52. The highest BCUT2D eigenvalue weighted by Gasteiger charge is 2.52. The van der Waals surface area contributed by atoms with Crippen molar-refractivity contribution in [2.75, 3.05) is 18.1 Å². The van der Waals surface area contributed by atoms with Gasteiger partial charge in [-0.05, 0) is 61.8 Å². The molecule has 1 aliphatic heterocycles. The van der Waals surface area contributed by atoms with E-state index in [0.29, 0.717) is 54.0 Å². The number of pyridine rings is 1. The first kappa shape index (κ1) is 23.6. The summed E-state index contributed by atoms with van der Waals surface area (Å²) >= 11 is 0. The van der Waals surface area contributed by atoms with Crippen molar-refractivity contribution in [3.8, 4) is 39.9 Å². The molecule has 3 aliphatic carbocycles. The fourth-order valence-corrected chi connectivity index (χ4v) is 6.77. The number of aromatic hydroxyl groups is 1. The zero-order valence-electron chi connectivity index (χ0n) is 21.5. The Bertz CT molecular complexity index is 1350. The van der Waals surface area contributed by atoms with Crippen LogP contribution in [0.15, 0.2) is 36.7 Å². The van der Waals surface area contributed by atoms with E-state index in [4.69, 9.17) is 9.47 Å². The van der Waals surface area contributed by atoms with Crippen LogP contribution in [0.4, 0.5) is 10.2 Å². The molecule has 3 fully saturated rings. The molecule has 1 N–H and O–H groups in total. The molecule has 7 rings (SSSR count). The van der Waals surface area contributed by atoms with Gasteiger partial charge in [0.2, 0.25) is 0 Å². The van der Waals surface area contributed by atoms with Gasteiger partial charge in [0.05, 0.1) is 17.8 Å². The van der Waals surface area contributed by atoms with Gasteiger partial charge in [-0.15, -0.1) is 10.2 Å². The Morgan fingerprint density at radius 3 is 2.68 bits per heavy atom. The SMILES string of the molecule is C[C@]12CCC[C@H](C[C@@H](N(c3cnc(-c4ccc(-c5cnc6c(c5)OCCO6)cc4O)nn3)C3CC3)[C@H]1F)C2. The fraction of sp³-hybridized carbons (Fsp3) is 0.517. The number of hydrogen-bond donors (Lipinski definition) is 1. The third-order valence-corrected chi connectivity index (χ3v) is 8.78. The predicted octanol–water partition coefficient (Wildman–Crippen LogP) is 5.35. The van der Waals surface area contributed by atoms with Gasteiger partial charge in [-0.3, -0.25) is 0 Å². The molecule has 1 aromatic carbocycles. The van der Waals surface area contributed by atoms with Gasteiger partial charge in [0.25, 0.3) is 5.88 Å². The number of aromatic nitrogens is 4. The van der Waals surface area contributed by atoms with Crippen LogP contribution < -0.4 is 14.4 Å². The first-order chi connectivity index (χ1) is 18.5. The quantitative estimate of drug-likeness (QED) is 0.484. The van der Waals surface area contributed by atoms with E-state index in [1.54, 1.807) is 24.5 Å². The number of hydrogen-bond acceptors (Lipinski definition) is 8. The normalized spacial score (nSPS) is 28.1. The lowest BCUT2D eigenvalue weighted by molar-refractivity contribution is -0.0125. The van der Waals surface area contributed by atoms with E-state index in [1.165, 1.54) is 6.42 Å². The smallest absolute Gasteiger partial charge is 0.257 e. The van der Waals surface area contributed by atoms with Crippen LogP contribution >= 0.6 is 0 Å². The van der Waals surface area contributed by atoms with Crippen LogP contribution in [0.1, 0.15) is 51.9 Å². The van der Waals surface area contributed by atoms with Crippen LogP contribution in [0.5, 0.6) is 17.4 Å². The molecule has 3 heterocycles. The molecule has 0 spiro atoms. The van der Waals surface area contributed by atoms with Gasteiger partial charge in [0.15, 0.2) is 17.4 Å². The summed E-state index contributed by atoms with van der Waals surface area (Å²) in [5, 5.41) is 19.7. The highest BCUT2D eigenvalue weighted by molar-refractivity contribution is 5.73. The van der Waals surface area contributed by atoms with Crippen molar-refractivity contribution in [3.05, 3.63) is 36.7 Å². The van der Waals surface area contributed by atoms with Gasteiger partial charge in [0.1, 0.15) is 25.1 Å². The molecule has 4 aliphatic rings. The summed E-state index contributed by atoms with van der Waals surface area (Å²) in [7, 11) is 0. The molecule has 8 nitrogen and oxygen atoms in total. The van der Waals surface area contributed by atoms with Crippen molar-refractivity contribution in [1.82, 2.24) is 20.2 Å². The largest absolute Gasteiger partial charge is 0.507 e. The molecule has 38 heavy (non-hydrogen) atoms. The molecule has 9 heteroatoms. The number of alkyl halides is 1. The molecular formula is C29H32FN5O3. The molecule has 3 saturated carbocycles. The standard InChI is InChI=1S/C29H32FN5O3/c1-29-8-2-3-17(14-29)11-22(26(29)30)35(20-5-6-20)25-16-31-27(34-33-25)21-7-4-18(12-23(21)36)19-13-24-28(32-15-19)38-10-9-37-24/h4,7,12-13,15-17,20,22,26,36H,2-3,5-6,8-11,14H2,1H3/t17-,22-,26-,29-/m1/s1. The van der Waals surface area contributed by atoms with Crippen LogP contribution in [0.25, 0.3) is 22.5 Å². The van der Waals surface area contributed by atoms with Gasteiger partial charge >= 0.3 is 0 Å². The maximum atomic E-state index is 15.9. The molecule has 4 atom stereocenters. The van der Waals surface area contributed by atoms with Crippen LogP contribution in [-0.4, -0.2) is 56.7 Å². The molecular weight excluding hydrogens is 485 g/mol. The molecule has 0 unspecified atom stereocenters. The summed E-state index contributed by atoms with van der Waals surface area (Å²) in [5.74, 6) is 2.65. The Labute approximate surface area is 221 Å². The number of phenolic OH excluding ortho intramolecular Hbond substituents is 1. The molecule has 3 aromatic rings. The van der Waals surface area contributed by atoms with Crippen molar-refractivity contribution in [2.45, 2.75) is 70.1 Å². The van der Waals surface area contributed by atoms with Gasteiger partial charge in [-0.25, -0.2) is 14.4 Å².